The van der Waals surface area contributed by atoms with E-state index in [0.717, 1.165) is 21.5 Å². The van der Waals surface area contributed by atoms with Crippen molar-refractivity contribution >= 4 is 38.7 Å². The zero-order valence-corrected chi connectivity index (χ0v) is 14.2. The maximum absolute atomic E-state index is 6.11. The molecule has 2 aromatic heterocycles. The number of rotatable bonds is 2. The fourth-order valence-electron chi connectivity index (χ4n) is 3.36. The Morgan fingerprint density at radius 2 is 2.30 bits per heavy atom. The van der Waals surface area contributed by atoms with Gasteiger partial charge in [0.2, 0.25) is 0 Å². The molecule has 2 aromatic rings. The predicted molar refractivity (Wildman–Crippen MR) is 86.1 cm³/mol. The van der Waals surface area contributed by atoms with E-state index in [4.69, 9.17) is 11.6 Å². The summed E-state index contributed by atoms with van der Waals surface area (Å²) in [5, 5.41) is 0. The van der Waals surface area contributed by atoms with Gasteiger partial charge in [0.25, 0.3) is 0 Å². The number of aromatic nitrogens is 3. The molecule has 0 amide bonds. The van der Waals surface area contributed by atoms with E-state index in [-0.39, 0.29) is 0 Å². The summed E-state index contributed by atoms with van der Waals surface area (Å²) in [7, 11) is 0. The van der Waals surface area contributed by atoms with Crippen LogP contribution in [-0.4, -0.2) is 14.5 Å². The molecule has 0 saturated heterocycles. The number of nitrogens with zero attached hydrogens (tertiary/aromatic N) is 3. The van der Waals surface area contributed by atoms with E-state index in [1.807, 2.05) is 12.3 Å². The van der Waals surface area contributed by atoms with Crippen LogP contribution in [0.4, 0.5) is 0 Å². The van der Waals surface area contributed by atoms with Crippen LogP contribution < -0.4 is 0 Å². The zero-order chi connectivity index (χ0) is 14.3. The molecule has 0 aromatic carbocycles. The van der Waals surface area contributed by atoms with E-state index >= 15 is 0 Å². The summed E-state index contributed by atoms with van der Waals surface area (Å²) in [6, 6.07) is 2.48. The first-order valence-electron chi connectivity index (χ1n) is 7.08. The Kier molecular flexibility index (Phi) is 3.80. The van der Waals surface area contributed by atoms with E-state index in [1.165, 1.54) is 25.7 Å². The number of pyridine rings is 1. The molecular formula is C15H19BrClN3. The van der Waals surface area contributed by atoms with Crippen molar-refractivity contribution in [3.8, 4) is 0 Å². The van der Waals surface area contributed by atoms with E-state index in [9.17, 15) is 0 Å². The highest BCUT2D eigenvalue weighted by atomic mass is 79.9. The molecule has 1 aliphatic rings. The summed E-state index contributed by atoms with van der Waals surface area (Å²) in [5.74, 6) is 1.38. The summed E-state index contributed by atoms with van der Waals surface area (Å²) in [6.45, 7) is 4.70. The lowest BCUT2D eigenvalue weighted by Crippen LogP contribution is -2.26. The summed E-state index contributed by atoms with van der Waals surface area (Å²) >= 11 is 9.57. The Morgan fingerprint density at radius 3 is 3.00 bits per heavy atom. The SMILES string of the molecule is CC1(C)CCCC(n2c(CCl)nc3cc(Br)cnc32)C1. The van der Waals surface area contributed by atoms with Gasteiger partial charge in [0, 0.05) is 16.7 Å². The van der Waals surface area contributed by atoms with Gasteiger partial charge in [-0.1, -0.05) is 20.3 Å². The topological polar surface area (TPSA) is 30.7 Å². The quantitative estimate of drug-likeness (QED) is 0.703. The lowest BCUT2D eigenvalue weighted by Gasteiger charge is -2.36. The minimum atomic E-state index is 0.387. The molecule has 2 heterocycles. The minimum absolute atomic E-state index is 0.387. The summed E-state index contributed by atoms with van der Waals surface area (Å²) in [6.07, 6.45) is 6.75. The van der Waals surface area contributed by atoms with E-state index < -0.39 is 0 Å². The Hall–Kier alpha value is -0.610. The van der Waals surface area contributed by atoms with Crippen molar-refractivity contribution in [3.63, 3.8) is 0 Å². The van der Waals surface area contributed by atoms with Gasteiger partial charge in [-0.15, -0.1) is 11.6 Å². The maximum Gasteiger partial charge on any atom is 0.160 e. The lowest BCUT2D eigenvalue weighted by atomic mass is 9.75. The highest BCUT2D eigenvalue weighted by molar-refractivity contribution is 9.10. The Labute approximate surface area is 132 Å². The third kappa shape index (κ3) is 2.60. The minimum Gasteiger partial charge on any atom is -0.309 e. The second-order valence-corrected chi connectivity index (χ2v) is 7.63. The number of alkyl halides is 1. The molecule has 1 unspecified atom stereocenters. The van der Waals surface area contributed by atoms with Gasteiger partial charge in [-0.25, -0.2) is 9.97 Å². The van der Waals surface area contributed by atoms with Crippen LogP contribution in [0.1, 0.15) is 51.4 Å². The van der Waals surface area contributed by atoms with Gasteiger partial charge in [-0.2, -0.15) is 0 Å². The molecule has 5 heteroatoms. The Morgan fingerprint density at radius 1 is 1.50 bits per heavy atom. The van der Waals surface area contributed by atoms with Gasteiger partial charge < -0.3 is 4.57 Å². The highest BCUT2D eigenvalue weighted by Crippen LogP contribution is 2.42. The molecule has 0 N–H and O–H groups in total. The van der Waals surface area contributed by atoms with Crippen molar-refractivity contribution in [1.82, 2.24) is 14.5 Å². The van der Waals surface area contributed by atoms with Crippen molar-refractivity contribution in [2.45, 2.75) is 51.5 Å². The first-order valence-corrected chi connectivity index (χ1v) is 8.41. The van der Waals surface area contributed by atoms with Gasteiger partial charge in [-0.3, -0.25) is 0 Å². The maximum atomic E-state index is 6.11. The molecular weight excluding hydrogens is 338 g/mol. The van der Waals surface area contributed by atoms with Gasteiger partial charge in [0.1, 0.15) is 11.3 Å². The van der Waals surface area contributed by atoms with Crippen molar-refractivity contribution in [2.75, 3.05) is 0 Å². The van der Waals surface area contributed by atoms with E-state index in [0.29, 0.717) is 17.3 Å². The van der Waals surface area contributed by atoms with Crippen LogP contribution in [0.2, 0.25) is 0 Å². The van der Waals surface area contributed by atoms with Gasteiger partial charge in [0.05, 0.1) is 5.88 Å². The fourth-order valence-corrected chi connectivity index (χ4v) is 3.87. The standard InChI is InChI=1S/C15H19BrClN3/c1-15(2)5-3-4-11(7-15)20-13(8-17)19-12-6-10(16)9-18-14(12)20/h6,9,11H,3-5,7-8H2,1-2H3. The number of halogens is 2. The fraction of sp³-hybridized carbons (Fsp3) is 0.600. The Bertz CT molecular complexity index is 635. The number of hydrogen-bond acceptors (Lipinski definition) is 2. The van der Waals surface area contributed by atoms with Crippen LogP contribution in [0.5, 0.6) is 0 Å². The number of fused-ring (bicyclic) bond motifs is 1. The van der Waals surface area contributed by atoms with Crippen molar-refractivity contribution in [3.05, 3.63) is 22.6 Å². The molecule has 0 aliphatic heterocycles. The predicted octanol–water partition coefficient (Wildman–Crippen LogP) is 5.07. The van der Waals surface area contributed by atoms with E-state index in [1.54, 1.807) is 0 Å². The average Bonchev–Trinajstić information content (AvgIpc) is 2.74. The van der Waals surface area contributed by atoms with Crippen molar-refractivity contribution < 1.29 is 0 Å². The monoisotopic (exact) mass is 355 g/mol. The average molecular weight is 357 g/mol. The van der Waals surface area contributed by atoms with Crippen LogP contribution >= 0.6 is 27.5 Å². The Balaban J connectivity index is 2.09. The third-order valence-corrected chi connectivity index (χ3v) is 4.91. The second kappa shape index (κ2) is 5.30. The zero-order valence-electron chi connectivity index (χ0n) is 11.9. The molecule has 20 heavy (non-hydrogen) atoms. The van der Waals surface area contributed by atoms with Crippen LogP contribution in [0.3, 0.4) is 0 Å². The van der Waals surface area contributed by atoms with Gasteiger partial charge in [0.15, 0.2) is 5.65 Å². The van der Waals surface area contributed by atoms with E-state index in [2.05, 4.69) is 44.3 Å². The lowest BCUT2D eigenvalue weighted by molar-refractivity contribution is 0.184. The first-order chi connectivity index (χ1) is 9.50. The van der Waals surface area contributed by atoms with Gasteiger partial charge in [-0.05, 0) is 46.7 Å². The number of imidazole rings is 1. The largest absolute Gasteiger partial charge is 0.309 e. The van der Waals surface area contributed by atoms with Crippen LogP contribution in [-0.2, 0) is 5.88 Å². The number of hydrogen-bond donors (Lipinski definition) is 0. The molecule has 3 rings (SSSR count). The summed E-state index contributed by atoms with van der Waals surface area (Å²) in [5.41, 5.74) is 2.28. The molecule has 1 aliphatic carbocycles. The van der Waals surface area contributed by atoms with Gasteiger partial charge >= 0.3 is 0 Å². The van der Waals surface area contributed by atoms with Crippen LogP contribution in [0, 0.1) is 5.41 Å². The second-order valence-electron chi connectivity index (χ2n) is 6.44. The smallest absolute Gasteiger partial charge is 0.160 e. The molecule has 1 fully saturated rings. The molecule has 0 radical (unpaired) electrons. The normalized spacial score (nSPS) is 22.3. The van der Waals surface area contributed by atoms with Crippen LogP contribution in [0.25, 0.3) is 11.2 Å². The molecule has 0 bridgehead atoms. The molecule has 3 nitrogen and oxygen atoms in total. The first kappa shape index (κ1) is 14.3. The van der Waals surface area contributed by atoms with Crippen LogP contribution in [0.15, 0.2) is 16.7 Å². The molecule has 1 saturated carbocycles. The summed E-state index contributed by atoms with van der Waals surface area (Å²) in [4.78, 5) is 9.22. The highest BCUT2D eigenvalue weighted by Gasteiger charge is 2.31. The van der Waals surface area contributed by atoms with Crippen molar-refractivity contribution in [1.29, 1.82) is 0 Å². The molecule has 1 atom stereocenters. The third-order valence-electron chi connectivity index (χ3n) is 4.23. The molecule has 0 spiro atoms. The van der Waals surface area contributed by atoms with Crippen molar-refractivity contribution in [2.24, 2.45) is 5.41 Å². The summed E-state index contributed by atoms with van der Waals surface area (Å²) < 4.78 is 3.23. The molecule has 108 valence electrons.